The minimum absolute atomic E-state index is 0. The van der Waals surface area contributed by atoms with Crippen LogP contribution in [0.25, 0.3) is 143 Å². The molecule has 0 saturated carbocycles. The Morgan fingerprint density at radius 3 is 1.33 bits per heavy atom. The predicted molar refractivity (Wildman–Crippen MR) is 526 cm³/mol. The van der Waals surface area contributed by atoms with Gasteiger partial charge in [-0.2, -0.15) is 0 Å². The fourth-order valence-corrected chi connectivity index (χ4v) is 14.1. The van der Waals surface area contributed by atoms with Crippen molar-refractivity contribution in [2.45, 2.75) is 111 Å². The van der Waals surface area contributed by atoms with Gasteiger partial charge in [0.1, 0.15) is 0 Å². The summed E-state index contributed by atoms with van der Waals surface area (Å²) in [6, 6.07) is 115. The summed E-state index contributed by atoms with van der Waals surface area (Å²) in [5.74, 6) is 0.0356. The molecular weight excluding hydrogens is 2520 g/mol. The van der Waals surface area contributed by atoms with E-state index in [1.165, 1.54) is 123 Å². The number of aromatic nitrogens is 6. The Hall–Kier alpha value is -11.8. The molecule has 18 rings (SSSR count). The first kappa shape index (κ1) is 109. The van der Waals surface area contributed by atoms with E-state index in [2.05, 4.69) is 272 Å². The Morgan fingerprint density at radius 1 is 0.348 bits per heavy atom. The number of carbonyl (C=O) groups excluding carboxylic acids is 3. The minimum Gasteiger partial charge on any atom is -0.512 e. The molecule has 0 unspecified atom stereocenters. The molecule has 0 aliphatic carbocycles. The van der Waals surface area contributed by atoms with Crippen molar-refractivity contribution >= 4 is 93.4 Å². The zero-order valence-corrected chi connectivity index (χ0v) is 88.6. The van der Waals surface area contributed by atoms with Crippen LogP contribution < -0.4 is 0 Å². The second-order valence-corrected chi connectivity index (χ2v) is 32.0. The zero-order valence-electron chi connectivity index (χ0n) is 76.6. The largest absolute Gasteiger partial charge is 0.512 e. The number of carbonyl (C=O) groups is 3. The van der Waals surface area contributed by atoms with E-state index in [4.69, 9.17) is 35.1 Å². The summed E-state index contributed by atoms with van der Waals surface area (Å²) in [4.78, 5) is 59.3. The van der Waals surface area contributed by atoms with Crippen LogP contribution >= 0.6 is 0 Å². The molecule has 5 radical (unpaired) electrons. The van der Waals surface area contributed by atoms with Crippen molar-refractivity contribution in [2.24, 2.45) is 11.8 Å². The molecule has 5 aromatic heterocycles. The molecule has 0 aliphatic heterocycles. The van der Waals surface area contributed by atoms with Gasteiger partial charge < -0.3 is 25.3 Å². The molecule has 18 aromatic rings. The Bertz CT molecular complexity index is 6820. The van der Waals surface area contributed by atoms with E-state index < -0.39 is 0 Å². The van der Waals surface area contributed by atoms with Crippen molar-refractivity contribution in [1.29, 1.82) is 0 Å². The van der Waals surface area contributed by atoms with Crippen LogP contribution in [-0.4, -0.2) is 62.6 Å². The van der Waals surface area contributed by atoms with E-state index in [0.29, 0.717) is 0 Å². The Balaban J connectivity index is 0.000000240. The van der Waals surface area contributed by atoms with Crippen LogP contribution in [0.15, 0.2) is 333 Å². The van der Waals surface area contributed by atoms with Crippen molar-refractivity contribution in [3.8, 4) is 67.3 Å². The Kier molecular flexibility index (Phi) is 43.8. The molecule has 132 heavy (non-hydrogen) atoms. The first-order chi connectivity index (χ1) is 61.0. The normalized spacial score (nSPS) is 10.7. The second-order valence-electron chi connectivity index (χ2n) is 32.0. The Labute approximate surface area is 843 Å². The van der Waals surface area contributed by atoms with Crippen LogP contribution in [-0.2, 0) is 115 Å². The van der Waals surface area contributed by atoms with Crippen LogP contribution in [0.5, 0.6) is 0 Å². The molecule has 12 nitrogen and oxygen atoms in total. The van der Waals surface area contributed by atoms with Gasteiger partial charge in [-0.15, -0.1) is 165 Å². The van der Waals surface area contributed by atoms with Gasteiger partial charge in [-0.05, 0) is 157 Å². The molecule has 3 N–H and O–H groups in total. The fourth-order valence-electron chi connectivity index (χ4n) is 14.1. The molecule has 0 spiro atoms. The van der Waals surface area contributed by atoms with Gasteiger partial charge in [0.2, 0.25) is 0 Å². The summed E-state index contributed by atoms with van der Waals surface area (Å²) < 4.78 is 0. The van der Waals surface area contributed by atoms with Crippen molar-refractivity contribution in [3.63, 3.8) is 0 Å². The first-order valence-electron chi connectivity index (χ1n) is 42.3. The predicted octanol–water partition coefficient (Wildman–Crippen LogP) is 28.7. The van der Waals surface area contributed by atoms with Crippen LogP contribution in [0.4, 0.5) is 0 Å². The number of aliphatic hydroxyl groups excluding tert-OH is 3. The van der Waals surface area contributed by atoms with E-state index in [-0.39, 0.29) is 147 Å². The van der Waals surface area contributed by atoms with Crippen LogP contribution in [0.3, 0.4) is 0 Å². The van der Waals surface area contributed by atoms with Gasteiger partial charge in [-0.3, -0.25) is 34.3 Å². The number of aryl methyl sites for hydroxylation is 8. The van der Waals surface area contributed by atoms with E-state index >= 15 is 0 Å². The minimum atomic E-state index is -0.125. The maximum absolute atomic E-state index is 11.0. The van der Waals surface area contributed by atoms with Crippen molar-refractivity contribution in [1.82, 2.24) is 29.9 Å². The van der Waals surface area contributed by atoms with E-state index in [1.54, 1.807) is 0 Å². The van der Waals surface area contributed by atoms with E-state index in [9.17, 15) is 19.5 Å². The number of hydrogen-bond acceptors (Lipinski definition) is 12. The van der Waals surface area contributed by atoms with Gasteiger partial charge in [-0.1, -0.05) is 259 Å². The number of aliphatic hydroxyl groups is 3. The number of para-hydroxylation sites is 1. The van der Waals surface area contributed by atoms with Crippen molar-refractivity contribution < 1.29 is 130 Å². The van der Waals surface area contributed by atoms with Gasteiger partial charge in [0.15, 0.2) is 17.3 Å². The summed E-state index contributed by atoms with van der Waals surface area (Å²) in [6.07, 6.45) is 7.33. The molecule has 0 fully saturated rings. The number of ketones is 3. The number of nitrogens with zero attached hydrogens (tertiary/aromatic N) is 6. The SMILES string of the molecule is CC(=O)C=C(C)O.CC(=O)C=C(C)O.CC(C)C(=O)C=C(O)C(C)C.Cc1[c-]c(-c2ccc3ccc(C)cc3n2)cc(C)c1.Cc1[c-]c(-c2ccc3ccc(C)cc3n2)cc(C)c1.Cc1cc2ccccc2nc1-c1[c-]cccc1.Cc1cnc2c3[c-]cc(-c4ccccc4)cc3c3cc(-c4ccccc4)ccc3c2n1.[Ir].[Ir].[Ir].[Ir].[Ir].[c-]1ccccc1-c1nccc2ccccc12. The summed E-state index contributed by atoms with van der Waals surface area (Å²) >= 11 is 0. The summed E-state index contributed by atoms with van der Waals surface area (Å²) in [5.41, 5.74) is 27.3. The molecule has 0 amide bonds. The quantitative estimate of drug-likeness (QED) is 0.0482. The summed E-state index contributed by atoms with van der Waals surface area (Å²) in [7, 11) is 0. The van der Waals surface area contributed by atoms with Crippen LogP contribution in [0, 0.1) is 97.6 Å². The maximum Gasteiger partial charge on any atom is 0.161 e. The maximum atomic E-state index is 11.0. The van der Waals surface area contributed by atoms with E-state index in [0.717, 1.165) is 111 Å². The molecule has 5 heterocycles. The Morgan fingerprint density at radius 2 is 0.833 bits per heavy atom. The number of benzene rings is 13. The average Bonchev–Trinajstić information content (AvgIpc) is 0.732. The summed E-state index contributed by atoms with van der Waals surface area (Å²) in [5, 5.41) is 36.3. The molecule has 0 saturated heterocycles. The molecule has 0 atom stereocenters. The first-order valence-corrected chi connectivity index (χ1v) is 42.3. The molecular formula is C115H105Ir5N6O6-5. The molecule has 13 aromatic carbocycles. The van der Waals surface area contributed by atoms with Crippen LogP contribution in [0.1, 0.15) is 100 Å². The third kappa shape index (κ3) is 31.5. The van der Waals surface area contributed by atoms with Crippen LogP contribution in [0.2, 0.25) is 0 Å². The molecule has 681 valence electrons. The average molecular weight is 2630 g/mol. The third-order valence-electron chi connectivity index (χ3n) is 20.2. The number of hydrogen-bond donors (Lipinski definition) is 3. The smallest absolute Gasteiger partial charge is 0.161 e. The molecule has 0 bridgehead atoms. The van der Waals surface area contributed by atoms with Gasteiger partial charge in [0.25, 0.3) is 0 Å². The number of fused-ring (bicyclic) bond motifs is 10. The van der Waals surface area contributed by atoms with Gasteiger partial charge in [0.05, 0.1) is 45.0 Å². The zero-order chi connectivity index (χ0) is 90.8. The monoisotopic (exact) mass is 2630 g/mol. The molecule has 17 heteroatoms. The fraction of sp³-hybridized carbons (Fsp3) is 0.157. The molecule has 0 aliphatic rings. The van der Waals surface area contributed by atoms with Crippen molar-refractivity contribution in [3.05, 3.63) is 408 Å². The van der Waals surface area contributed by atoms with Crippen molar-refractivity contribution in [2.75, 3.05) is 0 Å². The van der Waals surface area contributed by atoms with Gasteiger partial charge in [-0.25, -0.2) is 0 Å². The number of allylic oxidation sites excluding steroid dienone is 6. The summed E-state index contributed by atoms with van der Waals surface area (Å²) in [6.45, 7) is 29.6. The second kappa shape index (κ2) is 53.1. The number of rotatable bonds is 11. The van der Waals surface area contributed by atoms with Gasteiger partial charge in [0, 0.05) is 149 Å². The number of pyridine rings is 4. The third-order valence-corrected chi connectivity index (χ3v) is 20.2. The van der Waals surface area contributed by atoms with E-state index in [1.807, 2.05) is 144 Å². The van der Waals surface area contributed by atoms with Gasteiger partial charge >= 0.3 is 0 Å². The topological polar surface area (TPSA) is 189 Å². The standard InChI is InChI=1S/C29H19N2.2C18H16N.C16H12N.C15H10N.C9H16O2.2C5H8O2.5Ir/c1-19-18-30-28-24-14-12-22(20-8-4-2-5-9-20)16-26(24)27-17-23(21-10-6-3-7-11-21)13-15-25(27)29(28)31-19;2*1-12-4-5-15-6-7-17(19-18(15)11-12)16-9-13(2)8-14(3)10-16;1-12-11-14-9-5-6-10-15(14)17-16(12)13-7-3-2-4-8-13;1-2-7-13(8-3-1)15-14-9-5-4-6-12(14)10-11-16-15;1-6(2)8(10)5-9(11)7(3)4;2*1-4(6)3-5(2)7;;;;;/h2-13,15-18H,1H3;2*4-9,11H,1-3H3;2-7,9-11H,1H3;1-7,9-11H;5-7,10H,1-4H3;2*3,6H,1-2H3;;;;;/q5*-1;;;;;;;;.